The fraction of sp³-hybridized carbons (Fsp3) is 0.120. The number of hydrogen-bond acceptors (Lipinski definition) is 2. The molecule has 0 radical (unpaired) electrons. The van der Waals surface area contributed by atoms with E-state index in [4.69, 9.17) is 0 Å². The first-order chi connectivity index (χ1) is 26.3. The maximum atomic E-state index is 11.0. The Morgan fingerprint density at radius 1 is 0.407 bits per heavy atom. The van der Waals surface area contributed by atoms with E-state index >= 15 is 0 Å². The molecule has 0 unspecified atom stereocenters. The largest absolute Gasteiger partial charge is 0.308 e. The molecule has 4 heteroatoms. The zero-order valence-corrected chi connectivity index (χ0v) is 30.5. The Kier molecular flexibility index (Phi) is 5.90. The predicted molar refractivity (Wildman–Crippen MR) is 220 cm³/mol. The molecule has 2 aliphatic rings. The summed E-state index contributed by atoms with van der Waals surface area (Å²) in [6, 6.07) is 52.4. The van der Waals surface area contributed by atoms with Crippen LogP contribution in [-0.2, 0) is 10.8 Å². The van der Waals surface area contributed by atoms with Gasteiger partial charge in [-0.25, -0.2) is 0 Å². The molecule has 2 aliphatic carbocycles. The Balaban J connectivity index is 1.21. The molecule has 2 aromatic heterocycles. The van der Waals surface area contributed by atoms with Crippen molar-refractivity contribution in [2.75, 3.05) is 0 Å². The lowest BCUT2D eigenvalue weighted by molar-refractivity contribution is 0.660. The maximum absolute atomic E-state index is 11.0. The van der Waals surface area contributed by atoms with Gasteiger partial charge < -0.3 is 9.13 Å². The summed E-state index contributed by atoms with van der Waals surface area (Å²) < 4.78 is 4.39. The highest BCUT2D eigenvalue weighted by Gasteiger charge is 2.39. The second-order valence-corrected chi connectivity index (χ2v) is 15.9. The van der Waals surface area contributed by atoms with Crippen LogP contribution in [0.3, 0.4) is 0 Å². The lowest BCUT2D eigenvalue weighted by Crippen LogP contribution is -2.14. The fourth-order valence-corrected chi connectivity index (χ4v) is 10.2. The van der Waals surface area contributed by atoms with Crippen molar-refractivity contribution in [2.24, 2.45) is 0 Å². The van der Waals surface area contributed by atoms with Crippen molar-refractivity contribution in [1.82, 2.24) is 9.13 Å². The molecule has 11 rings (SSSR count). The molecule has 54 heavy (non-hydrogen) atoms. The lowest BCUT2D eigenvalue weighted by atomic mass is 9.82. The summed E-state index contributed by atoms with van der Waals surface area (Å²) in [6.45, 7) is 9.21. The van der Waals surface area contributed by atoms with Crippen LogP contribution in [0.15, 0.2) is 133 Å². The topological polar surface area (TPSA) is 57.4 Å². The van der Waals surface area contributed by atoms with Crippen LogP contribution in [0.2, 0.25) is 0 Å². The average Bonchev–Trinajstić information content (AvgIpc) is 3.86. The molecule has 254 valence electrons. The highest BCUT2D eigenvalue weighted by molar-refractivity contribution is 6.19. The lowest BCUT2D eigenvalue weighted by Gasteiger charge is -2.21. The van der Waals surface area contributed by atoms with Gasteiger partial charge in [-0.05, 0) is 80.9 Å². The highest BCUT2D eigenvalue weighted by atomic mass is 15.0. The Morgan fingerprint density at radius 2 is 0.796 bits per heavy atom. The number of fused-ring (bicyclic) bond motifs is 14. The number of nitriles is 2. The quantitative estimate of drug-likeness (QED) is 0.181. The van der Waals surface area contributed by atoms with E-state index in [1.807, 2.05) is 12.1 Å². The number of benzene rings is 7. The summed E-state index contributed by atoms with van der Waals surface area (Å²) in [4.78, 5) is 0. The number of nitrogens with zero attached hydrogens (tertiary/aromatic N) is 4. The monoisotopic (exact) mass is 690 g/mol. The van der Waals surface area contributed by atoms with Gasteiger partial charge in [0.25, 0.3) is 0 Å². The molecule has 0 amide bonds. The van der Waals surface area contributed by atoms with E-state index in [2.05, 4.69) is 170 Å². The van der Waals surface area contributed by atoms with Crippen LogP contribution < -0.4 is 0 Å². The Morgan fingerprint density at radius 3 is 1.22 bits per heavy atom. The van der Waals surface area contributed by atoms with E-state index in [0.29, 0.717) is 22.5 Å². The van der Waals surface area contributed by atoms with Gasteiger partial charge in [-0.2, -0.15) is 10.5 Å². The van der Waals surface area contributed by atoms with Crippen molar-refractivity contribution in [3.63, 3.8) is 0 Å². The normalized spacial score (nSPS) is 14.6. The molecule has 9 aromatic rings. The van der Waals surface area contributed by atoms with E-state index in [1.54, 1.807) is 0 Å². The molecule has 0 fully saturated rings. The van der Waals surface area contributed by atoms with Crippen LogP contribution in [0.4, 0.5) is 0 Å². The molecule has 0 bridgehead atoms. The van der Waals surface area contributed by atoms with Gasteiger partial charge in [-0.15, -0.1) is 0 Å². The highest BCUT2D eigenvalue weighted by Crippen LogP contribution is 2.55. The first-order valence-electron chi connectivity index (χ1n) is 18.6. The van der Waals surface area contributed by atoms with Gasteiger partial charge in [-0.3, -0.25) is 0 Å². The van der Waals surface area contributed by atoms with Gasteiger partial charge >= 0.3 is 0 Å². The van der Waals surface area contributed by atoms with Crippen molar-refractivity contribution in [1.29, 1.82) is 10.5 Å². The summed E-state index contributed by atoms with van der Waals surface area (Å²) in [5.74, 6) is 0. The standard InChI is InChI=1S/C50H34N4/c1-49(2)35-17-9-5-13-29(35)45-37(49)21-23-43-47(45)31-15-7-11-19-39(31)53(43)41-25-26-42(34(28-52)33(41)27-51)54-40-20-12-8-16-32(40)48-44(54)24-22-38-46(48)30-14-6-10-18-36(30)50(38,3)4/h5-26H,1-4H3. The molecule has 0 saturated carbocycles. The third-order valence-electron chi connectivity index (χ3n) is 12.6. The summed E-state index contributed by atoms with van der Waals surface area (Å²) in [5.41, 5.74) is 16.1. The molecule has 7 aromatic carbocycles. The molecule has 0 saturated heterocycles. The van der Waals surface area contributed by atoms with E-state index < -0.39 is 0 Å². The minimum Gasteiger partial charge on any atom is -0.308 e. The van der Waals surface area contributed by atoms with Gasteiger partial charge in [0, 0.05) is 32.4 Å². The zero-order valence-electron chi connectivity index (χ0n) is 30.5. The van der Waals surface area contributed by atoms with Crippen LogP contribution in [0, 0.1) is 22.7 Å². The molecule has 0 aliphatic heterocycles. The second kappa shape index (κ2) is 10.4. The first kappa shape index (κ1) is 30.7. The molecular formula is C50H34N4. The molecular weight excluding hydrogens is 657 g/mol. The summed E-state index contributed by atoms with van der Waals surface area (Å²) >= 11 is 0. The number of aromatic nitrogens is 2. The maximum Gasteiger partial charge on any atom is 0.103 e. The van der Waals surface area contributed by atoms with E-state index in [1.165, 1.54) is 55.3 Å². The van der Waals surface area contributed by atoms with Crippen molar-refractivity contribution < 1.29 is 0 Å². The van der Waals surface area contributed by atoms with Crippen molar-refractivity contribution in [2.45, 2.75) is 38.5 Å². The van der Waals surface area contributed by atoms with E-state index in [0.717, 1.165) is 32.8 Å². The molecule has 4 nitrogen and oxygen atoms in total. The minimum absolute atomic E-state index is 0.142. The number of para-hydroxylation sites is 2. The van der Waals surface area contributed by atoms with Crippen molar-refractivity contribution in [3.05, 3.63) is 167 Å². The molecule has 0 atom stereocenters. The first-order valence-corrected chi connectivity index (χ1v) is 18.6. The van der Waals surface area contributed by atoms with Crippen LogP contribution in [0.5, 0.6) is 0 Å². The zero-order chi connectivity index (χ0) is 36.7. The van der Waals surface area contributed by atoms with E-state index in [9.17, 15) is 10.5 Å². The van der Waals surface area contributed by atoms with Gasteiger partial charge in [0.05, 0.1) is 44.6 Å². The smallest absolute Gasteiger partial charge is 0.103 e. The molecule has 0 spiro atoms. The average molecular weight is 691 g/mol. The summed E-state index contributed by atoms with van der Waals surface area (Å²) in [5, 5.41) is 26.7. The third-order valence-corrected chi connectivity index (χ3v) is 12.6. The minimum atomic E-state index is -0.142. The number of hydrogen-bond donors (Lipinski definition) is 0. The fourth-order valence-electron chi connectivity index (χ4n) is 10.2. The Bertz CT molecular complexity index is 3020. The van der Waals surface area contributed by atoms with Crippen LogP contribution in [-0.4, -0.2) is 9.13 Å². The van der Waals surface area contributed by atoms with Gasteiger partial charge in [0.2, 0.25) is 0 Å². The molecule has 2 heterocycles. The Hall–Kier alpha value is -6.88. The van der Waals surface area contributed by atoms with Crippen molar-refractivity contribution in [3.8, 4) is 45.8 Å². The van der Waals surface area contributed by atoms with E-state index in [-0.39, 0.29) is 10.8 Å². The number of rotatable bonds is 2. The SMILES string of the molecule is CC1(C)c2ccccc2-c2c1ccc1c2c2ccccc2n1-c1ccc(-n2c3ccccc3c3c4c(ccc32)C(C)(C)c2ccccc2-4)c(C#N)c1C#N. The van der Waals surface area contributed by atoms with Gasteiger partial charge in [0.15, 0.2) is 0 Å². The van der Waals surface area contributed by atoms with Crippen molar-refractivity contribution >= 4 is 43.6 Å². The Labute approximate surface area is 313 Å². The van der Waals surface area contributed by atoms with Crippen LogP contribution in [0.25, 0.3) is 77.2 Å². The van der Waals surface area contributed by atoms with Crippen LogP contribution >= 0.6 is 0 Å². The van der Waals surface area contributed by atoms with Crippen LogP contribution in [0.1, 0.15) is 61.1 Å². The predicted octanol–water partition coefficient (Wildman–Crippen LogP) is 12.2. The third kappa shape index (κ3) is 3.60. The van der Waals surface area contributed by atoms with Gasteiger partial charge in [-0.1, -0.05) is 125 Å². The molecule has 0 N–H and O–H groups in total. The van der Waals surface area contributed by atoms with Gasteiger partial charge in [0.1, 0.15) is 12.1 Å². The summed E-state index contributed by atoms with van der Waals surface area (Å²) in [6.07, 6.45) is 0. The second-order valence-electron chi connectivity index (χ2n) is 15.9. The summed E-state index contributed by atoms with van der Waals surface area (Å²) in [7, 11) is 0.